The molecule has 8 heteroatoms. The first kappa shape index (κ1) is 21.0. The topological polar surface area (TPSA) is 68.0 Å². The highest BCUT2D eigenvalue weighted by Gasteiger charge is 2.13. The number of nitrogens with one attached hydrogen (secondary N) is 1. The van der Waals surface area contributed by atoms with Crippen molar-refractivity contribution in [2.45, 2.75) is 25.2 Å². The van der Waals surface area contributed by atoms with Crippen LogP contribution >= 0.6 is 11.8 Å². The molecule has 0 radical (unpaired) electrons. The zero-order valence-electron chi connectivity index (χ0n) is 17.9. The maximum absolute atomic E-state index is 12.6. The molecule has 0 saturated heterocycles. The Morgan fingerprint density at radius 3 is 2.61 bits per heavy atom. The lowest BCUT2D eigenvalue weighted by Crippen LogP contribution is -2.18. The zero-order chi connectivity index (χ0) is 21.8. The number of carbonyl (C=O) groups excluding carboxylic acids is 1. The van der Waals surface area contributed by atoms with E-state index < -0.39 is 0 Å². The van der Waals surface area contributed by atoms with Gasteiger partial charge in [-0.25, -0.2) is 9.67 Å². The number of fused-ring (bicyclic) bond motifs is 1. The first-order valence-corrected chi connectivity index (χ1v) is 11.2. The number of thioether (sulfide) groups is 1. The van der Waals surface area contributed by atoms with Crippen LogP contribution in [0.25, 0.3) is 11.0 Å². The second-order valence-electron chi connectivity index (χ2n) is 7.40. The van der Waals surface area contributed by atoms with Gasteiger partial charge in [-0.1, -0.05) is 36.0 Å². The van der Waals surface area contributed by atoms with Crippen molar-refractivity contribution in [1.82, 2.24) is 19.3 Å². The molecule has 0 aliphatic rings. The molecule has 0 fully saturated rings. The lowest BCUT2D eigenvalue weighted by atomic mass is 10.2. The smallest absolute Gasteiger partial charge is 0.235 e. The van der Waals surface area contributed by atoms with Crippen LogP contribution in [-0.2, 0) is 17.9 Å². The van der Waals surface area contributed by atoms with Gasteiger partial charge in [0.2, 0.25) is 5.91 Å². The molecule has 0 spiro atoms. The van der Waals surface area contributed by atoms with Crippen LogP contribution in [0.15, 0.2) is 66.0 Å². The van der Waals surface area contributed by atoms with Crippen LogP contribution in [0, 0.1) is 0 Å². The van der Waals surface area contributed by atoms with Crippen molar-refractivity contribution in [3.63, 3.8) is 0 Å². The van der Waals surface area contributed by atoms with Crippen molar-refractivity contribution in [1.29, 1.82) is 0 Å². The molecule has 0 aliphatic heterocycles. The van der Waals surface area contributed by atoms with E-state index in [-0.39, 0.29) is 11.7 Å². The van der Waals surface area contributed by atoms with Gasteiger partial charge in [-0.05, 0) is 36.8 Å². The van der Waals surface area contributed by atoms with E-state index >= 15 is 0 Å². The third kappa shape index (κ3) is 4.74. The summed E-state index contributed by atoms with van der Waals surface area (Å²) in [7, 11) is 4.04. The number of anilines is 2. The molecule has 31 heavy (non-hydrogen) atoms. The van der Waals surface area contributed by atoms with Gasteiger partial charge in [0.25, 0.3) is 0 Å². The first-order valence-electron chi connectivity index (χ1n) is 10.2. The Morgan fingerprint density at radius 2 is 1.87 bits per heavy atom. The van der Waals surface area contributed by atoms with Crippen LogP contribution in [0.1, 0.15) is 12.5 Å². The third-order valence-electron chi connectivity index (χ3n) is 5.04. The van der Waals surface area contributed by atoms with Gasteiger partial charge >= 0.3 is 0 Å². The minimum atomic E-state index is -0.0792. The molecule has 0 unspecified atom stereocenters. The highest BCUT2D eigenvalue weighted by molar-refractivity contribution is 7.99. The predicted molar refractivity (Wildman–Crippen MR) is 127 cm³/mol. The Balaban J connectivity index is 1.39. The van der Waals surface area contributed by atoms with Crippen LogP contribution in [0.5, 0.6) is 0 Å². The molecule has 1 N–H and O–H groups in total. The quantitative estimate of drug-likeness (QED) is 0.423. The summed E-state index contributed by atoms with van der Waals surface area (Å²) < 4.78 is 3.93. The van der Waals surface area contributed by atoms with Crippen molar-refractivity contribution in [2.75, 3.05) is 30.1 Å². The standard InChI is InChI=1S/C23H26N6OS/c1-4-28-20-8-6-5-7-19(20)25-23(28)31-16-22(30)26-21-13-14-24-29(21)15-17-9-11-18(12-10-17)27(2)3/h5-14H,4,15-16H2,1-3H3,(H,26,30). The maximum atomic E-state index is 12.6. The Hall–Kier alpha value is -3.26. The number of para-hydroxylation sites is 2. The molecule has 0 aliphatic carbocycles. The fraction of sp³-hybridized carbons (Fsp3) is 0.261. The van der Waals surface area contributed by atoms with Gasteiger partial charge in [0.15, 0.2) is 5.16 Å². The summed E-state index contributed by atoms with van der Waals surface area (Å²) in [6, 6.07) is 18.2. The summed E-state index contributed by atoms with van der Waals surface area (Å²) in [6.45, 7) is 3.49. The molecule has 7 nitrogen and oxygen atoms in total. The second kappa shape index (κ2) is 9.26. The van der Waals surface area contributed by atoms with Gasteiger partial charge in [-0.3, -0.25) is 4.79 Å². The monoisotopic (exact) mass is 434 g/mol. The van der Waals surface area contributed by atoms with Crippen LogP contribution in [0.3, 0.4) is 0 Å². The van der Waals surface area contributed by atoms with Crippen LogP contribution in [-0.4, -0.2) is 45.1 Å². The van der Waals surface area contributed by atoms with Gasteiger partial charge in [-0.2, -0.15) is 5.10 Å². The average Bonchev–Trinajstić information content (AvgIpc) is 3.36. The molecular weight excluding hydrogens is 408 g/mol. The average molecular weight is 435 g/mol. The minimum Gasteiger partial charge on any atom is -0.378 e. The van der Waals surface area contributed by atoms with Crippen molar-refractivity contribution in [2.24, 2.45) is 0 Å². The molecule has 0 saturated carbocycles. The number of nitrogens with zero attached hydrogens (tertiary/aromatic N) is 5. The van der Waals surface area contributed by atoms with Gasteiger partial charge in [0.05, 0.1) is 29.5 Å². The normalized spacial score (nSPS) is 11.1. The highest BCUT2D eigenvalue weighted by Crippen LogP contribution is 2.24. The van der Waals surface area contributed by atoms with Crippen LogP contribution < -0.4 is 10.2 Å². The number of carbonyl (C=O) groups is 1. The summed E-state index contributed by atoms with van der Waals surface area (Å²) in [5.41, 5.74) is 4.31. The summed E-state index contributed by atoms with van der Waals surface area (Å²) >= 11 is 1.45. The fourth-order valence-electron chi connectivity index (χ4n) is 3.42. The van der Waals surface area contributed by atoms with E-state index in [0.29, 0.717) is 12.4 Å². The van der Waals surface area contributed by atoms with Gasteiger partial charge in [0, 0.05) is 32.4 Å². The third-order valence-corrected chi connectivity index (χ3v) is 6.01. The number of aryl methyl sites for hydroxylation is 1. The summed E-state index contributed by atoms with van der Waals surface area (Å²) in [5.74, 6) is 0.891. The Kier molecular flexibility index (Phi) is 6.27. The molecule has 0 bridgehead atoms. The highest BCUT2D eigenvalue weighted by atomic mass is 32.2. The number of hydrogen-bond donors (Lipinski definition) is 1. The van der Waals surface area contributed by atoms with Crippen molar-refractivity contribution >= 4 is 40.2 Å². The zero-order valence-corrected chi connectivity index (χ0v) is 18.8. The first-order chi connectivity index (χ1) is 15.0. The van der Waals surface area contributed by atoms with Crippen molar-refractivity contribution in [3.8, 4) is 0 Å². The number of amides is 1. The molecule has 2 heterocycles. The van der Waals surface area contributed by atoms with E-state index in [1.165, 1.54) is 11.8 Å². The van der Waals surface area contributed by atoms with E-state index in [0.717, 1.165) is 34.0 Å². The lowest BCUT2D eigenvalue weighted by molar-refractivity contribution is -0.113. The number of hydrogen-bond acceptors (Lipinski definition) is 5. The van der Waals surface area contributed by atoms with Crippen molar-refractivity contribution in [3.05, 3.63) is 66.4 Å². The summed E-state index contributed by atoms with van der Waals surface area (Å²) in [6.07, 6.45) is 1.70. The Bertz CT molecular complexity index is 1180. The number of rotatable bonds is 8. The minimum absolute atomic E-state index is 0.0792. The Labute approximate surface area is 186 Å². The van der Waals surface area contributed by atoms with E-state index in [2.05, 4.69) is 62.1 Å². The summed E-state index contributed by atoms with van der Waals surface area (Å²) in [4.78, 5) is 19.3. The summed E-state index contributed by atoms with van der Waals surface area (Å²) in [5, 5.41) is 8.20. The van der Waals surface area contributed by atoms with Gasteiger partial charge in [0.1, 0.15) is 5.82 Å². The van der Waals surface area contributed by atoms with Gasteiger partial charge in [-0.15, -0.1) is 0 Å². The Morgan fingerprint density at radius 1 is 1.10 bits per heavy atom. The number of benzene rings is 2. The van der Waals surface area contributed by atoms with E-state index in [1.54, 1.807) is 10.9 Å². The van der Waals surface area contributed by atoms with E-state index in [1.807, 2.05) is 38.4 Å². The molecule has 1 amide bonds. The maximum Gasteiger partial charge on any atom is 0.235 e. The molecule has 4 aromatic rings. The van der Waals surface area contributed by atoms with Crippen LogP contribution in [0.4, 0.5) is 11.5 Å². The molecular formula is C23H26N6OS. The SMILES string of the molecule is CCn1c(SCC(=O)Nc2ccnn2Cc2ccc(N(C)C)cc2)nc2ccccc21. The van der Waals surface area contributed by atoms with Crippen molar-refractivity contribution < 1.29 is 4.79 Å². The van der Waals surface area contributed by atoms with Crippen LogP contribution in [0.2, 0.25) is 0 Å². The number of aromatic nitrogens is 4. The van der Waals surface area contributed by atoms with E-state index in [9.17, 15) is 4.79 Å². The second-order valence-corrected chi connectivity index (χ2v) is 8.34. The van der Waals surface area contributed by atoms with Gasteiger partial charge < -0.3 is 14.8 Å². The molecule has 4 rings (SSSR count). The predicted octanol–water partition coefficient (Wildman–Crippen LogP) is 4.10. The largest absolute Gasteiger partial charge is 0.378 e. The molecule has 2 aromatic carbocycles. The molecule has 0 atom stereocenters. The number of imidazole rings is 1. The van der Waals surface area contributed by atoms with E-state index in [4.69, 9.17) is 0 Å². The molecule has 2 aromatic heterocycles. The molecule has 160 valence electrons. The fourth-order valence-corrected chi connectivity index (χ4v) is 4.29. The lowest BCUT2D eigenvalue weighted by Gasteiger charge is -2.13.